The van der Waals surface area contributed by atoms with Crippen molar-refractivity contribution in [3.05, 3.63) is 288 Å². The highest BCUT2D eigenvalue weighted by Gasteiger charge is 2.43. The van der Waals surface area contributed by atoms with Gasteiger partial charge in [0.25, 0.3) is 0 Å². The van der Waals surface area contributed by atoms with E-state index >= 15 is 0 Å². The molecule has 0 radical (unpaired) electrons. The topological polar surface area (TPSA) is 6.48 Å². The molecule has 0 amide bonds. The maximum atomic E-state index is 2.57. The predicted molar refractivity (Wildman–Crippen MR) is 322 cm³/mol. The fourth-order valence-corrected chi connectivity index (χ4v) is 12.5. The molecule has 0 spiro atoms. The number of fused-ring (bicyclic) bond motifs is 6. The Morgan fingerprint density at radius 2 is 0.500 bits per heavy atom. The Morgan fingerprint density at radius 1 is 0.237 bits per heavy atom. The van der Waals surface area contributed by atoms with Crippen LogP contribution in [0.5, 0.6) is 0 Å². The molecule has 366 valence electrons. The lowest BCUT2D eigenvalue weighted by Gasteiger charge is -2.29. The highest BCUT2D eigenvalue weighted by atomic mass is 15.1. The Morgan fingerprint density at radius 3 is 0.776 bits per heavy atom. The zero-order chi connectivity index (χ0) is 51.7. The second-order valence-electron chi connectivity index (χ2n) is 21.9. The summed E-state index contributed by atoms with van der Waals surface area (Å²) in [5, 5.41) is 0. The lowest BCUT2D eigenvalue weighted by Crippen LogP contribution is -2.18. The Bertz CT molecular complexity index is 3570. The van der Waals surface area contributed by atoms with Gasteiger partial charge in [-0.3, -0.25) is 0 Å². The SMILES string of the molecule is Cc1cc(N(c2cccc(-c3ccccc3)c2)c2cccc(-c3ccccc3)c2)cc2c1-c1cc3c(cc1C2(C)C)-c1c(C)cc(N(c2cccc(-c4ccccc4)c2)c2cccc(-c4ccccc4)c2)cc1C3(C)C. The van der Waals surface area contributed by atoms with E-state index in [0.717, 1.165) is 34.1 Å². The lowest BCUT2D eigenvalue weighted by atomic mass is 9.79. The summed E-state index contributed by atoms with van der Waals surface area (Å²) < 4.78 is 0. The second kappa shape index (κ2) is 18.4. The number of rotatable bonds is 10. The summed E-state index contributed by atoms with van der Waals surface area (Å²) in [6.07, 6.45) is 0. The van der Waals surface area contributed by atoms with Crippen LogP contribution in [0.1, 0.15) is 61.1 Å². The third-order valence-corrected chi connectivity index (χ3v) is 16.4. The molecule has 0 saturated heterocycles. The van der Waals surface area contributed by atoms with Crippen molar-refractivity contribution in [3.63, 3.8) is 0 Å². The molecule has 76 heavy (non-hydrogen) atoms. The van der Waals surface area contributed by atoms with Crippen LogP contribution >= 0.6 is 0 Å². The smallest absolute Gasteiger partial charge is 0.0467 e. The molecule has 0 heterocycles. The summed E-state index contributed by atoms with van der Waals surface area (Å²) in [4.78, 5) is 4.93. The van der Waals surface area contributed by atoms with Crippen LogP contribution in [0.3, 0.4) is 0 Å². The molecule has 0 unspecified atom stereocenters. The number of anilines is 6. The van der Waals surface area contributed by atoms with E-state index in [0.29, 0.717) is 0 Å². The highest BCUT2D eigenvalue weighted by molar-refractivity contribution is 5.95. The Labute approximate surface area is 448 Å². The monoisotopic (exact) mass is 976 g/mol. The van der Waals surface area contributed by atoms with Crippen molar-refractivity contribution >= 4 is 34.1 Å². The molecule has 2 nitrogen and oxygen atoms in total. The van der Waals surface area contributed by atoms with Crippen LogP contribution in [-0.2, 0) is 10.8 Å². The van der Waals surface area contributed by atoms with E-state index in [1.807, 2.05) is 0 Å². The Kier molecular flexibility index (Phi) is 11.4. The van der Waals surface area contributed by atoms with Crippen molar-refractivity contribution in [2.24, 2.45) is 0 Å². The van der Waals surface area contributed by atoms with Crippen LogP contribution in [0.2, 0.25) is 0 Å². The van der Waals surface area contributed by atoms with Gasteiger partial charge in [0.1, 0.15) is 0 Å². The van der Waals surface area contributed by atoms with Crippen molar-refractivity contribution in [2.75, 3.05) is 9.80 Å². The van der Waals surface area contributed by atoms with Gasteiger partial charge in [-0.2, -0.15) is 0 Å². The maximum Gasteiger partial charge on any atom is 0.0467 e. The van der Waals surface area contributed by atoms with Gasteiger partial charge in [0.2, 0.25) is 0 Å². The Hall–Kier alpha value is -8.98. The molecular formula is C74H60N2. The van der Waals surface area contributed by atoms with Gasteiger partial charge in [0.05, 0.1) is 0 Å². The first-order valence-electron chi connectivity index (χ1n) is 26.7. The van der Waals surface area contributed by atoms with Gasteiger partial charge in [0, 0.05) is 45.0 Å². The molecule has 13 rings (SSSR count). The van der Waals surface area contributed by atoms with Crippen molar-refractivity contribution in [3.8, 4) is 66.8 Å². The third kappa shape index (κ3) is 7.96. The molecule has 0 aliphatic heterocycles. The molecule has 2 heteroatoms. The molecule has 0 aromatic heterocycles. The maximum absolute atomic E-state index is 2.57. The molecule has 11 aromatic rings. The first-order valence-corrected chi connectivity index (χ1v) is 26.7. The summed E-state index contributed by atoms with van der Waals surface area (Å²) in [6.45, 7) is 14.4. The van der Waals surface area contributed by atoms with Crippen molar-refractivity contribution in [2.45, 2.75) is 52.4 Å². The summed E-state index contributed by atoms with van der Waals surface area (Å²) in [5.41, 5.74) is 29.3. The molecule has 0 bridgehead atoms. The van der Waals surface area contributed by atoms with Gasteiger partial charge in [-0.15, -0.1) is 0 Å². The summed E-state index contributed by atoms with van der Waals surface area (Å²) in [6, 6.07) is 93.9. The summed E-state index contributed by atoms with van der Waals surface area (Å²) in [7, 11) is 0. The molecule has 2 aliphatic carbocycles. The number of hydrogen-bond acceptors (Lipinski definition) is 2. The molecule has 0 fully saturated rings. The minimum absolute atomic E-state index is 0.269. The number of benzene rings is 11. The molecular weight excluding hydrogens is 917 g/mol. The fourth-order valence-electron chi connectivity index (χ4n) is 12.5. The summed E-state index contributed by atoms with van der Waals surface area (Å²) >= 11 is 0. The van der Waals surface area contributed by atoms with Gasteiger partial charge < -0.3 is 9.80 Å². The first-order chi connectivity index (χ1) is 37.0. The van der Waals surface area contributed by atoms with Crippen LogP contribution in [0.15, 0.2) is 255 Å². The van der Waals surface area contributed by atoms with E-state index in [2.05, 4.69) is 306 Å². The van der Waals surface area contributed by atoms with Crippen LogP contribution < -0.4 is 9.80 Å². The number of nitrogens with zero attached hydrogens (tertiary/aromatic N) is 2. The Balaban J connectivity index is 0.929. The average Bonchev–Trinajstić information content (AvgIpc) is 3.92. The van der Waals surface area contributed by atoms with Crippen molar-refractivity contribution < 1.29 is 0 Å². The van der Waals surface area contributed by atoms with E-state index in [9.17, 15) is 0 Å². The first kappa shape index (κ1) is 46.8. The second-order valence-corrected chi connectivity index (χ2v) is 21.9. The van der Waals surface area contributed by atoms with Crippen LogP contribution in [0, 0.1) is 13.8 Å². The molecule has 2 aliphatic rings. The van der Waals surface area contributed by atoms with Gasteiger partial charge >= 0.3 is 0 Å². The predicted octanol–water partition coefficient (Wildman–Crippen LogP) is 20.5. The van der Waals surface area contributed by atoms with Crippen LogP contribution in [-0.4, -0.2) is 0 Å². The van der Waals surface area contributed by atoms with Crippen molar-refractivity contribution in [1.82, 2.24) is 0 Å². The normalized spacial score (nSPS) is 13.3. The van der Waals surface area contributed by atoms with E-state index in [1.165, 1.54) is 100 Å². The lowest BCUT2D eigenvalue weighted by molar-refractivity contribution is 0.652. The quantitative estimate of drug-likeness (QED) is 0.135. The zero-order valence-electron chi connectivity index (χ0n) is 44.1. The molecule has 0 N–H and O–H groups in total. The van der Waals surface area contributed by atoms with E-state index in [4.69, 9.17) is 0 Å². The van der Waals surface area contributed by atoms with Gasteiger partial charge in [-0.25, -0.2) is 0 Å². The van der Waals surface area contributed by atoms with Crippen LogP contribution in [0.4, 0.5) is 34.1 Å². The number of hydrogen-bond donors (Lipinski definition) is 0. The van der Waals surface area contributed by atoms with E-state index < -0.39 is 0 Å². The minimum Gasteiger partial charge on any atom is -0.310 e. The van der Waals surface area contributed by atoms with Gasteiger partial charge in [-0.1, -0.05) is 198 Å². The molecule has 11 aromatic carbocycles. The standard InChI is InChI=1S/C74H60N2/c1-49-39-63(75(59-35-19-31-55(41-59)51-23-11-7-12-24-51)60-36-20-32-56(42-60)52-25-13-8-14-26-52)45-69-71(49)65-47-68-66(48-67(65)73(69,3)4)72-50(2)40-64(46-70(72)74(68,5)6)76(61-37-21-33-57(43-61)53-27-15-9-16-28-53)62-38-22-34-58(44-62)54-29-17-10-18-30-54/h7-48H,1-6H3. The van der Waals surface area contributed by atoms with E-state index in [-0.39, 0.29) is 10.8 Å². The summed E-state index contributed by atoms with van der Waals surface area (Å²) in [5.74, 6) is 0. The van der Waals surface area contributed by atoms with Crippen LogP contribution in [0.25, 0.3) is 66.8 Å². The molecule has 0 atom stereocenters. The van der Waals surface area contributed by atoms with Crippen molar-refractivity contribution in [1.29, 1.82) is 0 Å². The average molecular weight is 977 g/mol. The highest BCUT2D eigenvalue weighted by Crippen LogP contribution is 2.59. The largest absolute Gasteiger partial charge is 0.310 e. The zero-order valence-corrected chi connectivity index (χ0v) is 44.1. The third-order valence-electron chi connectivity index (χ3n) is 16.4. The molecule has 0 saturated carbocycles. The van der Waals surface area contributed by atoms with Gasteiger partial charge in [0.15, 0.2) is 0 Å². The minimum atomic E-state index is -0.269. The van der Waals surface area contributed by atoms with E-state index in [1.54, 1.807) is 0 Å². The number of aryl methyl sites for hydroxylation is 2. The fraction of sp³-hybridized carbons (Fsp3) is 0.108. The van der Waals surface area contributed by atoms with Gasteiger partial charge in [-0.05, 0) is 199 Å².